The average molecular weight is 393 g/mol. The predicted octanol–water partition coefficient (Wildman–Crippen LogP) is 1.97. The number of thioether (sulfide) groups is 2. The Labute approximate surface area is 157 Å². The molecule has 2 aliphatic heterocycles. The minimum atomic E-state index is -0.627. The molecular weight excluding hydrogens is 378 g/mol. The third-order valence-corrected chi connectivity index (χ3v) is 6.18. The van der Waals surface area contributed by atoms with E-state index >= 15 is 0 Å². The summed E-state index contributed by atoms with van der Waals surface area (Å²) in [4.78, 5) is 36.9. The number of non-ortho nitro benzene ring substituents is 1. The lowest BCUT2D eigenvalue weighted by molar-refractivity contribution is -0.384. The largest absolute Gasteiger partial charge is 0.456 e. The summed E-state index contributed by atoms with van der Waals surface area (Å²) < 4.78 is 5.32. The number of amides is 1. The minimum absolute atomic E-state index is 0.0419. The molecule has 26 heavy (non-hydrogen) atoms. The monoisotopic (exact) mass is 393 g/mol. The van der Waals surface area contributed by atoms with Crippen LogP contribution < -0.4 is 5.73 Å². The van der Waals surface area contributed by atoms with E-state index in [0.29, 0.717) is 16.2 Å². The van der Waals surface area contributed by atoms with Gasteiger partial charge in [-0.1, -0.05) is 18.3 Å². The van der Waals surface area contributed by atoms with Crippen molar-refractivity contribution in [1.82, 2.24) is 4.90 Å². The van der Waals surface area contributed by atoms with E-state index in [4.69, 9.17) is 10.5 Å². The number of fused-ring (bicyclic) bond motifs is 1. The average Bonchev–Trinajstić information content (AvgIpc) is 2.65. The summed E-state index contributed by atoms with van der Waals surface area (Å²) in [6.07, 6.45) is 0. The molecule has 2 atom stereocenters. The van der Waals surface area contributed by atoms with Gasteiger partial charge in [0.15, 0.2) is 0 Å². The van der Waals surface area contributed by atoms with E-state index in [-0.39, 0.29) is 29.3 Å². The number of nitro groups is 1. The van der Waals surface area contributed by atoms with Gasteiger partial charge < -0.3 is 10.5 Å². The highest BCUT2D eigenvalue weighted by molar-refractivity contribution is 8.08. The Kier molecular flexibility index (Phi) is 5.35. The maximum absolute atomic E-state index is 12.6. The van der Waals surface area contributed by atoms with E-state index in [1.54, 1.807) is 5.41 Å². The number of carbonyl (C=O) groups excluding carboxylic acids is 2. The number of benzene rings is 1. The van der Waals surface area contributed by atoms with Crippen LogP contribution in [0.1, 0.15) is 5.56 Å². The van der Waals surface area contributed by atoms with Crippen LogP contribution in [0.15, 0.2) is 46.9 Å². The molecule has 136 valence electrons. The Morgan fingerprint density at radius 1 is 1.50 bits per heavy atom. The SMILES string of the molecule is C=CSC1=C(C(=O)OCc2ccc([N+](=O)[O-])cc2)N2C(=O)[C@@H](N)[C@H]2SC1. The summed E-state index contributed by atoms with van der Waals surface area (Å²) in [7, 11) is 0. The van der Waals surface area contributed by atoms with E-state index in [0.717, 1.165) is 0 Å². The maximum atomic E-state index is 12.6. The molecule has 1 saturated heterocycles. The molecule has 0 unspecified atom stereocenters. The van der Waals surface area contributed by atoms with Gasteiger partial charge >= 0.3 is 5.97 Å². The molecule has 0 spiro atoms. The van der Waals surface area contributed by atoms with Crippen LogP contribution in [0.4, 0.5) is 5.69 Å². The van der Waals surface area contributed by atoms with E-state index in [2.05, 4.69) is 6.58 Å². The molecular formula is C16H15N3O5S2. The van der Waals surface area contributed by atoms with Gasteiger partial charge in [-0.25, -0.2) is 4.79 Å². The van der Waals surface area contributed by atoms with Gasteiger partial charge in [0.25, 0.3) is 5.69 Å². The molecule has 3 rings (SSSR count). The summed E-state index contributed by atoms with van der Waals surface area (Å²) in [5, 5.41) is 12.0. The third-order valence-electron chi connectivity index (χ3n) is 3.91. The first kappa shape index (κ1) is 18.5. The van der Waals surface area contributed by atoms with Crippen LogP contribution in [-0.4, -0.2) is 38.9 Å². The number of hydrogen-bond donors (Lipinski definition) is 1. The predicted molar refractivity (Wildman–Crippen MR) is 98.8 cm³/mol. The van der Waals surface area contributed by atoms with Crippen molar-refractivity contribution < 1.29 is 19.2 Å². The first-order chi connectivity index (χ1) is 12.4. The van der Waals surface area contributed by atoms with Gasteiger partial charge in [-0.2, -0.15) is 0 Å². The quantitative estimate of drug-likeness (QED) is 0.337. The zero-order valence-corrected chi connectivity index (χ0v) is 15.1. The van der Waals surface area contributed by atoms with E-state index in [9.17, 15) is 19.7 Å². The first-order valence-corrected chi connectivity index (χ1v) is 9.48. The molecule has 0 saturated carbocycles. The molecule has 0 aliphatic carbocycles. The Morgan fingerprint density at radius 3 is 2.81 bits per heavy atom. The van der Waals surface area contributed by atoms with E-state index < -0.39 is 16.9 Å². The summed E-state index contributed by atoms with van der Waals surface area (Å²) in [6, 6.07) is 5.10. The van der Waals surface area contributed by atoms with Crippen molar-refractivity contribution in [1.29, 1.82) is 0 Å². The fraction of sp³-hybridized carbons (Fsp3) is 0.250. The summed E-state index contributed by atoms with van der Waals surface area (Å²) in [5.41, 5.74) is 6.56. The van der Waals surface area contributed by atoms with Crippen molar-refractivity contribution in [2.24, 2.45) is 5.73 Å². The molecule has 10 heteroatoms. The number of rotatable bonds is 6. The Hall–Kier alpha value is -2.30. The molecule has 0 radical (unpaired) electrons. The fourth-order valence-corrected chi connectivity index (χ4v) is 4.71. The normalized spacial score (nSPS) is 21.7. The molecule has 0 bridgehead atoms. The van der Waals surface area contributed by atoms with Crippen molar-refractivity contribution in [2.75, 3.05) is 5.75 Å². The molecule has 2 aliphatic rings. The highest BCUT2D eigenvalue weighted by Gasteiger charge is 2.52. The molecule has 8 nitrogen and oxygen atoms in total. The molecule has 1 amide bonds. The Morgan fingerprint density at radius 2 is 2.19 bits per heavy atom. The molecule has 1 aromatic carbocycles. The number of nitro benzene ring substituents is 1. The summed E-state index contributed by atoms with van der Waals surface area (Å²) in [5.74, 6) is -0.397. The van der Waals surface area contributed by atoms with Crippen LogP contribution in [0, 0.1) is 10.1 Å². The van der Waals surface area contributed by atoms with Crippen molar-refractivity contribution in [3.63, 3.8) is 0 Å². The minimum Gasteiger partial charge on any atom is -0.456 e. The molecule has 1 fully saturated rings. The van der Waals surface area contributed by atoms with Crippen LogP contribution in [0.2, 0.25) is 0 Å². The second-order valence-electron chi connectivity index (χ2n) is 5.49. The second-order valence-corrected chi connectivity index (χ2v) is 7.66. The smallest absolute Gasteiger partial charge is 0.356 e. The van der Waals surface area contributed by atoms with Gasteiger partial charge in [0, 0.05) is 22.8 Å². The third kappa shape index (κ3) is 3.35. The number of nitrogens with two attached hydrogens (primary N) is 1. The topological polar surface area (TPSA) is 116 Å². The highest BCUT2D eigenvalue weighted by atomic mass is 32.2. The van der Waals surface area contributed by atoms with Crippen LogP contribution in [0.5, 0.6) is 0 Å². The molecule has 0 aromatic heterocycles. The van der Waals surface area contributed by atoms with Gasteiger partial charge in [-0.05, 0) is 23.1 Å². The lowest BCUT2D eigenvalue weighted by Crippen LogP contribution is -2.68. The second kappa shape index (κ2) is 7.52. The summed E-state index contributed by atoms with van der Waals surface area (Å²) >= 11 is 2.77. The lowest BCUT2D eigenvalue weighted by atomic mass is 10.1. The van der Waals surface area contributed by atoms with Gasteiger partial charge in [-0.15, -0.1) is 11.8 Å². The molecule has 2 N–H and O–H groups in total. The van der Waals surface area contributed by atoms with E-state index in [1.807, 2.05) is 0 Å². The number of β-lactam (4-membered cyclic amide) rings is 1. The summed E-state index contributed by atoms with van der Waals surface area (Å²) in [6.45, 7) is 3.59. The van der Waals surface area contributed by atoms with E-state index in [1.165, 1.54) is 52.7 Å². The molecule has 1 aromatic rings. The zero-order chi connectivity index (χ0) is 18.8. The first-order valence-electron chi connectivity index (χ1n) is 7.55. The van der Waals surface area contributed by atoms with Crippen LogP contribution >= 0.6 is 23.5 Å². The van der Waals surface area contributed by atoms with Gasteiger partial charge in [0.2, 0.25) is 5.91 Å². The Bertz CT molecular complexity index is 809. The zero-order valence-electron chi connectivity index (χ0n) is 13.5. The van der Waals surface area contributed by atoms with Gasteiger partial charge in [-0.3, -0.25) is 19.8 Å². The van der Waals surface area contributed by atoms with Crippen molar-refractivity contribution in [3.8, 4) is 0 Å². The fourth-order valence-electron chi connectivity index (χ4n) is 2.60. The maximum Gasteiger partial charge on any atom is 0.356 e. The van der Waals surface area contributed by atoms with Crippen molar-refractivity contribution >= 4 is 41.1 Å². The van der Waals surface area contributed by atoms with Gasteiger partial charge in [0.1, 0.15) is 23.7 Å². The van der Waals surface area contributed by atoms with Gasteiger partial charge in [0.05, 0.1) is 4.92 Å². The van der Waals surface area contributed by atoms with Crippen molar-refractivity contribution in [2.45, 2.75) is 18.0 Å². The van der Waals surface area contributed by atoms with Crippen LogP contribution in [-0.2, 0) is 20.9 Å². The van der Waals surface area contributed by atoms with Crippen LogP contribution in [0.3, 0.4) is 0 Å². The number of esters is 1. The standard InChI is InChI=1S/C16H15N3O5S2/c1-2-25-11-8-26-15-12(17)14(20)18(15)13(11)16(21)24-7-9-3-5-10(6-4-9)19(22)23/h2-6,12,15H,1,7-8,17H2/t12-,15-/m1/s1. The van der Waals surface area contributed by atoms with Crippen molar-refractivity contribution in [3.05, 3.63) is 62.5 Å². The highest BCUT2D eigenvalue weighted by Crippen LogP contribution is 2.43. The lowest BCUT2D eigenvalue weighted by Gasteiger charge is -2.48. The number of ether oxygens (including phenoxy) is 1. The number of nitrogens with zero attached hydrogens (tertiary/aromatic N) is 2. The Balaban J connectivity index is 1.74. The number of hydrogen-bond acceptors (Lipinski definition) is 8. The number of carbonyl (C=O) groups is 2. The molecule has 2 heterocycles. The van der Waals surface area contributed by atoms with Crippen LogP contribution in [0.25, 0.3) is 0 Å².